The van der Waals surface area contributed by atoms with E-state index in [1.165, 1.54) is 97.8 Å². The summed E-state index contributed by atoms with van der Waals surface area (Å²) in [6, 6.07) is 25.5. The summed E-state index contributed by atoms with van der Waals surface area (Å²) in [6.07, 6.45) is 21.2. The lowest BCUT2D eigenvalue weighted by Crippen LogP contribution is -2.26. The lowest BCUT2D eigenvalue weighted by molar-refractivity contribution is 0.393. The molecule has 0 radical (unpaired) electrons. The number of fused-ring (bicyclic) bond motifs is 3. The molecule has 1 N–H and O–H groups in total. The van der Waals surface area contributed by atoms with Gasteiger partial charge in [-0.2, -0.15) is 0 Å². The molecule has 3 aromatic rings. The molecule has 2 fully saturated rings. The van der Waals surface area contributed by atoms with Gasteiger partial charge in [0.1, 0.15) is 0 Å². The van der Waals surface area contributed by atoms with Gasteiger partial charge in [0.2, 0.25) is 0 Å². The molecule has 2 saturated carbocycles. The van der Waals surface area contributed by atoms with Gasteiger partial charge < -0.3 is 5.32 Å². The van der Waals surface area contributed by atoms with Crippen LogP contribution in [-0.2, 0) is 5.41 Å². The van der Waals surface area contributed by atoms with Gasteiger partial charge in [0.25, 0.3) is 0 Å². The molecule has 2 unspecified atom stereocenters. The van der Waals surface area contributed by atoms with Gasteiger partial charge in [0.05, 0.1) is 0 Å². The van der Waals surface area contributed by atoms with Crippen LogP contribution in [0.5, 0.6) is 0 Å². The molecule has 0 bridgehead atoms. The summed E-state index contributed by atoms with van der Waals surface area (Å²) < 4.78 is 0. The molecule has 7 rings (SSSR count). The van der Waals surface area contributed by atoms with Crippen molar-refractivity contribution in [1.82, 2.24) is 0 Å². The normalized spacial score (nSPS) is 24.3. The van der Waals surface area contributed by atoms with Gasteiger partial charge in [0.15, 0.2) is 0 Å². The molecule has 0 heterocycles. The van der Waals surface area contributed by atoms with E-state index in [1.54, 1.807) is 11.1 Å². The maximum Gasteiger partial charge on any atom is 0.0389 e. The summed E-state index contributed by atoms with van der Waals surface area (Å²) in [5.41, 5.74) is 11.5. The molecule has 0 spiro atoms. The Morgan fingerprint density at radius 2 is 1.35 bits per heavy atom. The fraction of sp³-hybridized carbons (Fsp3) is 0.436. The van der Waals surface area contributed by atoms with E-state index in [0.29, 0.717) is 11.8 Å². The van der Waals surface area contributed by atoms with Crippen LogP contribution in [-0.4, -0.2) is 0 Å². The number of allylic oxidation sites excluding steroid dienone is 3. The molecule has 0 amide bonds. The first-order valence-electron chi connectivity index (χ1n) is 16.1. The fourth-order valence-electron chi connectivity index (χ4n) is 8.57. The van der Waals surface area contributed by atoms with E-state index in [1.807, 2.05) is 0 Å². The zero-order valence-corrected chi connectivity index (χ0v) is 24.5. The third-order valence-corrected chi connectivity index (χ3v) is 10.7. The predicted molar refractivity (Wildman–Crippen MR) is 170 cm³/mol. The van der Waals surface area contributed by atoms with Crippen LogP contribution in [0.25, 0.3) is 11.1 Å². The minimum Gasteiger partial charge on any atom is -0.356 e. The molecule has 4 aliphatic carbocycles. The Hall–Kier alpha value is -3.06. The number of rotatable bonds is 5. The maximum absolute atomic E-state index is 3.94. The molecule has 3 aromatic carbocycles. The second-order valence-corrected chi connectivity index (χ2v) is 13.6. The van der Waals surface area contributed by atoms with E-state index in [0.717, 1.165) is 11.8 Å². The van der Waals surface area contributed by atoms with Crippen LogP contribution in [0, 0.1) is 5.92 Å². The van der Waals surface area contributed by atoms with Gasteiger partial charge in [-0.25, -0.2) is 0 Å². The summed E-state index contributed by atoms with van der Waals surface area (Å²) in [7, 11) is 0. The quantitative estimate of drug-likeness (QED) is 0.348. The Kier molecular flexibility index (Phi) is 6.94. The van der Waals surface area contributed by atoms with Crippen molar-refractivity contribution < 1.29 is 0 Å². The number of hydrogen-bond donors (Lipinski definition) is 1. The molecule has 40 heavy (non-hydrogen) atoms. The third kappa shape index (κ3) is 4.76. The highest BCUT2D eigenvalue weighted by molar-refractivity contribution is 5.73. The molecular weight excluding hydrogens is 482 g/mol. The Bertz CT molecular complexity index is 1380. The average Bonchev–Trinajstić information content (AvgIpc) is 3.24. The first-order valence-corrected chi connectivity index (χ1v) is 16.1. The van der Waals surface area contributed by atoms with E-state index in [4.69, 9.17) is 0 Å². The van der Waals surface area contributed by atoms with E-state index in [2.05, 4.69) is 104 Å². The van der Waals surface area contributed by atoms with Crippen molar-refractivity contribution in [2.75, 3.05) is 5.32 Å². The largest absolute Gasteiger partial charge is 0.356 e. The number of hydrogen-bond acceptors (Lipinski definition) is 1. The summed E-state index contributed by atoms with van der Waals surface area (Å²) >= 11 is 0. The predicted octanol–water partition coefficient (Wildman–Crippen LogP) is 11.0. The highest BCUT2D eigenvalue weighted by Crippen LogP contribution is 2.56. The van der Waals surface area contributed by atoms with Crippen molar-refractivity contribution >= 4 is 5.69 Å². The summed E-state index contributed by atoms with van der Waals surface area (Å²) in [5.74, 6) is 2.35. The van der Waals surface area contributed by atoms with Crippen molar-refractivity contribution in [2.24, 2.45) is 5.92 Å². The molecule has 4 aliphatic rings. The molecule has 1 heteroatoms. The Morgan fingerprint density at radius 1 is 0.700 bits per heavy atom. The van der Waals surface area contributed by atoms with E-state index in [9.17, 15) is 0 Å². The second-order valence-electron chi connectivity index (χ2n) is 13.6. The molecule has 0 aromatic heterocycles. The maximum atomic E-state index is 3.94. The van der Waals surface area contributed by atoms with E-state index < -0.39 is 0 Å². The highest BCUT2D eigenvalue weighted by Gasteiger charge is 2.46. The van der Waals surface area contributed by atoms with Crippen LogP contribution < -0.4 is 5.32 Å². The van der Waals surface area contributed by atoms with Crippen molar-refractivity contribution in [1.29, 1.82) is 0 Å². The smallest absolute Gasteiger partial charge is 0.0389 e. The standard InChI is InChI=1S/C39H45N/c1-39(2)37-26-32(21-22-35(37)36-20-12-19-34(38(36)39)29-17-10-5-11-18-29)40-33-24-30(27-13-6-3-7-14-27)23-31(25-33)28-15-8-4-9-16-28/h5,10-12,17-28,35,37,40H,3-4,6-9,13-16H2,1-2H3. The van der Waals surface area contributed by atoms with Crippen LogP contribution >= 0.6 is 0 Å². The Morgan fingerprint density at radius 3 is 2.00 bits per heavy atom. The molecule has 2 atom stereocenters. The van der Waals surface area contributed by atoms with Gasteiger partial charge in [-0.1, -0.05) is 119 Å². The van der Waals surface area contributed by atoms with Gasteiger partial charge in [-0.15, -0.1) is 0 Å². The van der Waals surface area contributed by atoms with Crippen LogP contribution in [0.1, 0.15) is 118 Å². The topological polar surface area (TPSA) is 12.0 Å². The van der Waals surface area contributed by atoms with Crippen molar-refractivity contribution in [2.45, 2.75) is 101 Å². The monoisotopic (exact) mass is 527 g/mol. The lowest BCUT2D eigenvalue weighted by atomic mass is 9.73. The summed E-state index contributed by atoms with van der Waals surface area (Å²) in [6.45, 7) is 4.92. The minimum absolute atomic E-state index is 0.0569. The van der Waals surface area contributed by atoms with Crippen LogP contribution in [0.2, 0.25) is 0 Å². The molecular formula is C39H45N. The fourth-order valence-corrected chi connectivity index (χ4v) is 8.57. The van der Waals surface area contributed by atoms with Crippen molar-refractivity contribution in [3.05, 3.63) is 113 Å². The zero-order chi connectivity index (χ0) is 27.1. The van der Waals surface area contributed by atoms with Gasteiger partial charge in [-0.05, 0) is 100 Å². The molecule has 0 aliphatic heterocycles. The summed E-state index contributed by atoms with van der Waals surface area (Å²) in [5, 5.41) is 3.94. The first-order chi connectivity index (χ1) is 19.6. The molecule has 0 saturated heterocycles. The SMILES string of the molecule is CC1(C)c2c(-c3ccccc3)cccc2C2C=CC(Nc3cc(C4CCCCC4)cc(C4CCCCC4)c3)=CC21. The van der Waals surface area contributed by atoms with Crippen molar-refractivity contribution in [3.63, 3.8) is 0 Å². The van der Waals surface area contributed by atoms with Gasteiger partial charge in [0, 0.05) is 17.3 Å². The second kappa shape index (κ2) is 10.7. The number of nitrogens with one attached hydrogen (secondary N) is 1. The highest BCUT2D eigenvalue weighted by atomic mass is 14.9. The van der Waals surface area contributed by atoms with Crippen LogP contribution in [0.15, 0.2) is 90.7 Å². The number of anilines is 1. The third-order valence-electron chi connectivity index (χ3n) is 10.7. The van der Waals surface area contributed by atoms with Crippen LogP contribution in [0.3, 0.4) is 0 Å². The van der Waals surface area contributed by atoms with E-state index >= 15 is 0 Å². The van der Waals surface area contributed by atoms with Gasteiger partial charge >= 0.3 is 0 Å². The van der Waals surface area contributed by atoms with Gasteiger partial charge in [-0.3, -0.25) is 0 Å². The Labute approximate surface area is 241 Å². The Balaban J connectivity index is 1.21. The minimum atomic E-state index is 0.0569. The average molecular weight is 528 g/mol. The zero-order valence-electron chi connectivity index (χ0n) is 24.5. The van der Waals surface area contributed by atoms with E-state index in [-0.39, 0.29) is 5.41 Å². The number of benzene rings is 3. The summed E-state index contributed by atoms with van der Waals surface area (Å²) in [4.78, 5) is 0. The first kappa shape index (κ1) is 25.9. The van der Waals surface area contributed by atoms with Crippen LogP contribution in [0.4, 0.5) is 5.69 Å². The molecule has 1 nitrogen and oxygen atoms in total. The lowest BCUT2D eigenvalue weighted by Gasteiger charge is -2.32. The molecule has 206 valence electrons. The van der Waals surface area contributed by atoms with Crippen molar-refractivity contribution in [3.8, 4) is 11.1 Å².